The second-order valence-electron chi connectivity index (χ2n) is 17.6. The fourth-order valence-corrected chi connectivity index (χ4v) is 9.26. The van der Waals surface area contributed by atoms with Crippen molar-refractivity contribution in [2.24, 2.45) is 28.6 Å². The summed E-state index contributed by atoms with van der Waals surface area (Å²) in [6, 6.07) is -3.54. The van der Waals surface area contributed by atoms with Crippen molar-refractivity contribution >= 4 is 39.4 Å². The van der Waals surface area contributed by atoms with Crippen LogP contribution in [0.5, 0.6) is 0 Å². The molecule has 1 aliphatic heterocycles. The molecule has 3 aliphatic carbocycles. The summed E-state index contributed by atoms with van der Waals surface area (Å²) in [5.74, 6) is -2.44. The topological polar surface area (TPSA) is 171 Å². The molecule has 0 aromatic heterocycles. The Bertz CT molecular complexity index is 1430. The van der Waals surface area contributed by atoms with E-state index in [-0.39, 0.29) is 35.5 Å². The normalized spacial score (nSPS) is 25.6. The lowest BCUT2D eigenvalue weighted by molar-refractivity contribution is -0.145. The first-order valence-electron chi connectivity index (χ1n) is 17.9. The second-order valence-corrected chi connectivity index (χ2v) is 20.3. The molecule has 4 unspecified atom stereocenters. The molecule has 4 aliphatic rings. The number of hydrogen-bond acceptors (Lipinski definition) is 7. The minimum atomic E-state index is -3.56. The van der Waals surface area contributed by atoms with E-state index in [4.69, 9.17) is 0 Å². The molecule has 3 saturated carbocycles. The summed E-state index contributed by atoms with van der Waals surface area (Å²) in [6.07, 6.45) is 7.21. The van der Waals surface area contributed by atoms with E-state index >= 15 is 0 Å². The molecule has 276 valence electrons. The number of urea groups is 1. The Hall–Kier alpha value is -2.96. The monoisotopic (exact) mass is 705 g/mol. The molecular formula is C36H59N5O7S. The van der Waals surface area contributed by atoms with Crippen LogP contribution in [0, 0.1) is 28.6 Å². The molecule has 0 spiro atoms. The lowest BCUT2D eigenvalue weighted by Gasteiger charge is -2.41. The summed E-state index contributed by atoms with van der Waals surface area (Å²) in [6.45, 7) is 18.6. The Labute approximate surface area is 292 Å². The SMILES string of the molecule is C=CCNC(=O)C(=O)C(CC1CC1)NC(=O)[C@@H]1C2C(CN1C(=O)C(NC(=O)NC1(CS(=O)(=O)C(C)(C)C)CCCCC1)C(C)(C)C)C2(C)C. The van der Waals surface area contributed by atoms with Gasteiger partial charge in [-0.2, -0.15) is 0 Å². The molecule has 1 heterocycles. The minimum absolute atomic E-state index is 0.0585. The van der Waals surface area contributed by atoms with Crippen molar-refractivity contribution in [2.45, 2.75) is 135 Å². The van der Waals surface area contributed by atoms with Gasteiger partial charge in [0.15, 0.2) is 9.84 Å². The molecule has 0 aromatic carbocycles. The summed E-state index contributed by atoms with van der Waals surface area (Å²) in [4.78, 5) is 69.6. The van der Waals surface area contributed by atoms with Crippen LogP contribution >= 0.6 is 0 Å². The number of carbonyl (C=O) groups is 5. The van der Waals surface area contributed by atoms with E-state index in [2.05, 4.69) is 41.7 Å². The van der Waals surface area contributed by atoms with Gasteiger partial charge >= 0.3 is 6.03 Å². The van der Waals surface area contributed by atoms with Gasteiger partial charge in [-0.3, -0.25) is 19.2 Å². The van der Waals surface area contributed by atoms with Gasteiger partial charge in [0.1, 0.15) is 12.1 Å². The zero-order chi connectivity index (χ0) is 36.7. The Morgan fingerprint density at radius 3 is 2.10 bits per heavy atom. The van der Waals surface area contributed by atoms with Crippen LogP contribution in [0.2, 0.25) is 0 Å². The molecule has 4 N–H and O–H groups in total. The number of amides is 5. The van der Waals surface area contributed by atoms with Crippen molar-refractivity contribution in [1.82, 2.24) is 26.2 Å². The Balaban J connectivity index is 1.55. The van der Waals surface area contributed by atoms with Crippen LogP contribution in [-0.2, 0) is 29.0 Å². The molecule has 1 saturated heterocycles. The van der Waals surface area contributed by atoms with E-state index in [0.29, 0.717) is 25.8 Å². The average molecular weight is 706 g/mol. The maximum Gasteiger partial charge on any atom is 0.315 e. The van der Waals surface area contributed by atoms with Gasteiger partial charge in [-0.05, 0) is 68.6 Å². The second kappa shape index (κ2) is 14.0. The van der Waals surface area contributed by atoms with E-state index in [1.165, 1.54) is 11.0 Å². The van der Waals surface area contributed by atoms with Crippen LogP contribution in [0.1, 0.15) is 107 Å². The summed E-state index contributed by atoms with van der Waals surface area (Å²) in [7, 11) is -3.56. The fraction of sp³-hybridized carbons (Fsp3) is 0.806. The van der Waals surface area contributed by atoms with Crippen LogP contribution in [0.4, 0.5) is 4.79 Å². The molecule has 4 fully saturated rings. The van der Waals surface area contributed by atoms with Gasteiger partial charge in [0.25, 0.3) is 5.91 Å². The van der Waals surface area contributed by atoms with Crippen molar-refractivity contribution in [3.63, 3.8) is 0 Å². The third kappa shape index (κ3) is 8.68. The van der Waals surface area contributed by atoms with Gasteiger partial charge in [-0.15, -0.1) is 6.58 Å². The minimum Gasteiger partial charge on any atom is -0.346 e. The van der Waals surface area contributed by atoms with E-state index in [9.17, 15) is 32.4 Å². The highest BCUT2D eigenvalue weighted by molar-refractivity contribution is 7.92. The molecule has 0 bridgehead atoms. The quantitative estimate of drug-likeness (QED) is 0.168. The molecule has 4 rings (SSSR count). The molecule has 5 atom stereocenters. The molecule has 0 radical (unpaired) electrons. The molecule has 5 amide bonds. The number of carbonyl (C=O) groups excluding carboxylic acids is 5. The number of piperidine rings is 1. The molecule has 12 nitrogen and oxygen atoms in total. The van der Waals surface area contributed by atoms with Gasteiger partial charge in [0.05, 0.1) is 22.1 Å². The van der Waals surface area contributed by atoms with E-state index < -0.39 is 73.2 Å². The van der Waals surface area contributed by atoms with E-state index in [0.717, 1.165) is 32.1 Å². The van der Waals surface area contributed by atoms with Crippen molar-refractivity contribution in [1.29, 1.82) is 0 Å². The van der Waals surface area contributed by atoms with Crippen molar-refractivity contribution in [3.05, 3.63) is 12.7 Å². The first-order chi connectivity index (χ1) is 22.5. The fourth-order valence-electron chi connectivity index (χ4n) is 7.74. The van der Waals surface area contributed by atoms with Gasteiger partial charge in [-0.1, -0.05) is 72.8 Å². The van der Waals surface area contributed by atoms with Crippen LogP contribution < -0.4 is 21.3 Å². The lowest BCUT2D eigenvalue weighted by Crippen LogP contribution is -2.64. The van der Waals surface area contributed by atoms with Gasteiger partial charge < -0.3 is 26.2 Å². The summed E-state index contributed by atoms with van der Waals surface area (Å²) >= 11 is 0. The molecular weight excluding hydrogens is 646 g/mol. The predicted molar refractivity (Wildman–Crippen MR) is 188 cm³/mol. The van der Waals surface area contributed by atoms with Crippen molar-refractivity contribution < 1.29 is 32.4 Å². The van der Waals surface area contributed by atoms with Gasteiger partial charge in [0.2, 0.25) is 17.6 Å². The number of hydrogen-bond donors (Lipinski definition) is 4. The lowest BCUT2D eigenvalue weighted by atomic mass is 9.83. The van der Waals surface area contributed by atoms with Crippen molar-refractivity contribution in [2.75, 3.05) is 18.8 Å². The Morgan fingerprint density at radius 1 is 0.959 bits per heavy atom. The highest BCUT2D eigenvalue weighted by Crippen LogP contribution is 2.65. The van der Waals surface area contributed by atoms with Crippen LogP contribution in [-0.4, -0.2) is 90.1 Å². The maximum absolute atomic E-state index is 14.5. The Morgan fingerprint density at radius 2 is 1.57 bits per heavy atom. The van der Waals surface area contributed by atoms with Crippen LogP contribution in [0.25, 0.3) is 0 Å². The Kier molecular flexibility index (Phi) is 11.1. The number of ketones is 1. The standard InChI is InChI=1S/C36H59N5O7S/c1-10-18-37-30(44)27(42)24(19-22-14-15-22)38-29(43)26-25-23(35(25,8)9)20-41(26)31(45)28(33(2,3)4)39-32(46)40-36(16-12-11-13-17-36)21-49(47,48)34(5,6)7/h10,22-26,28H,1,11-21H2,2-9H3,(H,37,44)(H,38,43)(H2,39,40,46)/t23?,24?,25?,26-,28?/m0/s1. The summed E-state index contributed by atoms with van der Waals surface area (Å²) in [5, 5.41) is 11.2. The number of fused-ring (bicyclic) bond motifs is 1. The first kappa shape index (κ1) is 38.8. The molecule has 13 heteroatoms. The largest absolute Gasteiger partial charge is 0.346 e. The third-order valence-corrected chi connectivity index (χ3v) is 14.1. The zero-order valence-corrected chi connectivity index (χ0v) is 31.6. The number of Topliss-reactive ketones (excluding diaryl/α,β-unsaturated/α-hetero) is 1. The van der Waals surface area contributed by atoms with Crippen LogP contribution in [0.3, 0.4) is 0 Å². The smallest absolute Gasteiger partial charge is 0.315 e. The van der Waals surface area contributed by atoms with E-state index in [1.54, 1.807) is 20.8 Å². The van der Waals surface area contributed by atoms with E-state index in [1.807, 2.05) is 20.8 Å². The van der Waals surface area contributed by atoms with Gasteiger partial charge in [-0.25, -0.2) is 13.2 Å². The summed E-state index contributed by atoms with van der Waals surface area (Å²) < 4.78 is 25.6. The number of nitrogens with zero attached hydrogens (tertiary/aromatic N) is 1. The first-order valence-corrected chi connectivity index (χ1v) is 19.5. The third-order valence-electron chi connectivity index (χ3n) is 11.3. The number of sulfone groups is 1. The number of rotatable bonds is 13. The van der Waals surface area contributed by atoms with Gasteiger partial charge in [0, 0.05) is 13.1 Å². The van der Waals surface area contributed by atoms with Crippen molar-refractivity contribution in [3.8, 4) is 0 Å². The predicted octanol–water partition coefficient (Wildman–Crippen LogP) is 3.26. The highest BCUT2D eigenvalue weighted by Gasteiger charge is 2.70. The molecule has 0 aromatic rings. The maximum atomic E-state index is 14.5. The number of nitrogens with one attached hydrogen (secondary N) is 4. The zero-order valence-electron chi connectivity index (χ0n) is 30.7. The highest BCUT2D eigenvalue weighted by atomic mass is 32.2. The van der Waals surface area contributed by atoms with Crippen LogP contribution in [0.15, 0.2) is 12.7 Å². The number of likely N-dealkylation sites (tertiary alicyclic amines) is 1. The average Bonchev–Trinajstić information content (AvgIpc) is 3.84. The summed E-state index contributed by atoms with van der Waals surface area (Å²) in [5.41, 5.74) is -1.92. The molecule has 49 heavy (non-hydrogen) atoms.